The summed E-state index contributed by atoms with van der Waals surface area (Å²) in [5.41, 5.74) is 0. The number of allylic oxidation sites excluding steroid dienone is 6. The average molecular weight is 566 g/mol. The van der Waals surface area contributed by atoms with Gasteiger partial charge in [0.1, 0.15) is 12.6 Å². The van der Waals surface area contributed by atoms with Crippen LogP contribution in [0.25, 0.3) is 0 Å². The minimum Gasteiger partial charge on any atom is -0.544 e. The Morgan fingerprint density at radius 1 is 0.775 bits per heavy atom. The normalized spacial score (nSPS) is 13.7. The molecular weight excluding hydrogens is 510 g/mol. The SMILES string of the molecule is CC/C=C\C/C=C\C/C=C\CCCCCC(=O)OC(COCCC(C(=O)[O-])[N+](C)(C)C)COC(=O)CCCCC. The van der Waals surface area contributed by atoms with E-state index in [0.717, 1.165) is 64.2 Å². The minimum atomic E-state index is -1.14. The van der Waals surface area contributed by atoms with E-state index in [2.05, 4.69) is 50.3 Å². The van der Waals surface area contributed by atoms with E-state index in [-0.39, 0.29) is 49.1 Å². The molecule has 0 rings (SSSR count). The van der Waals surface area contributed by atoms with Gasteiger partial charge in [-0.15, -0.1) is 0 Å². The highest BCUT2D eigenvalue weighted by Gasteiger charge is 2.25. The zero-order chi connectivity index (χ0) is 30.1. The maximum atomic E-state index is 12.4. The van der Waals surface area contributed by atoms with Crippen molar-refractivity contribution >= 4 is 17.9 Å². The molecule has 0 aliphatic heterocycles. The highest BCUT2D eigenvalue weighted by atomic mass is 16.6. The number of rotatable bonds is 25. The van der Waals surface area contributed by atoms with E-state index in [4.69, 9.17) is 14.2 Å². The van der Waals surface area contributed by atoms with Gasteiger partial charge in [-0.05, 0) is 44.9 Å². The molecule has 8 heteroatoms. The van der Waals surface area contributed by atoms with Crippen molar-refractivity contribution in [1.29, 1.82) is 0 Å². The number of nitrogens with zero attached hydrogens (tertiary/aromatic N) is 1. The Balaban J connectivity index is 4.46. The first kappa shape index (κ1) is 37.6. The highest BCUT2D eigenvalue weighted by Crippen LogP contribution is 2.10. The lowest BCUT2D eigenvalue weighted by Gasteiger charge is -2.34. The number of aliphatic carboxylic acids is 1. The molecule has 0 N–H and O–H groups in total. The number of likely N-dealkylation sites (N-methyl/N-ethyl adjacent to an activating group) is 1. The summed E-state index contributed by atoms with van der Waals surface area (Å²) in [4.78, 5) is 35.9. The number of carbonyl (C=O) groups excluding carboxylic acids is 3. The van der Waals surface area contributed by atoms with Gasteiger partial charge in [0.05, 0.1) is 40.3 Å². The van der Waals surface area contributed by atoms with Gasteiger partial charge in [-0.2, -0.15) is 0 Å². The summed E-state index contributed by atoms with van der Waals surface area (Å²) in [6.45, 7) is 4.29. The number of unbranched alkanes of at least 4 members (excludes halogenated alkanes) is 5. The van der Waals surface area contributed by atoms with Crippen LogP contribution in [0.3, 0.4) is 0 Å². The van der Waals surface area contributed by atoms with Crippen molar-refractivity contribution in [2.75, 3.05) is 41.0 Å². The number of esters is 2. The van der Waals surface area contributed by atoms with Crippen molar-refractivity contribution in [2.45, 2.75) is 109 Å². The molecule has 0 aliphatic rings. The molecule has 0 bridgehead atoms. The van der Waals surface area contributed by atoms with Crippen LogP contribution in [0.5, 0.6) is 0 Å². The number of hydrogen-bond donors (Lipinski definition) is 0. The van der Waals surface area contributed by atoms with Crippen LogP contribution in [0.4, 0.5) is 0 Å². The van der Waals surface area contributed by atoms with Crippen molar-refractivity contribution in [3.8, 4) is 0 Å². The minimum absolute atomic E-state index is 0.0268. The topological polar surface area (TPSA) is 102 Å². The number of carboxylic acid groups (broad SMARTS) is 1. The predicted molar refractivity (Wildman–Crippen MR) is 157 cm³/mol. The molecule has 0 saturated carbocycles. The Labute approximate surface area is 243 Å². The van der Waals surface area contributed by atoms with E-state index in [0.29, 0.717) is 6.42 Å². The Bertz CT molecular complexity index is 768. The zero-order valence-corrected chi connectivity index (χ0v) is 25.7. The van der Waals surface area contributed by atoms with Crippen LogP contribution in [0.2, 0.25) is 0 Å². The third-order valence-electron chi connectivity index (χ3n) is 6.29. The Morgan fingerprint density at radius 3 is 2.02 bits per heavy atom. The lowest BCUT2D eigenvalue weighted by molar-refractivity contribution is -0.889. The van der Waals surface area contributed by atoms with Gasteiger partial charge in [0.15, 0.2) is 6.10 Å². The molecule has 8 nitrogen and oxygen atoms in total. The van der Waals surface area contributed by atoms with Crippen molar-refractivity contribution in [3.63, 3.8) is 0 Å². The first-order chi connectivity index (χ1) is 19.1. The van der Waals surface area contributed by atoms with Crippen LogP contribution in [0.15, 0.2) is 36.5 Å². The lowest BCUT2D eigenvalue weighted by Crippen LogP contribution is -2.55. The van der Waals surface area contributed by atoms with Crippen LogP contribution in [0, 0.1) is 0 Å². The van der Waals surface area contributed by atoms with Crippen LogP contribution < -0.4 is 5.11 Å². The molecule has 0 aromatic heterocycles. The average Bonchev–Trinajstić information content (AvgIpc) is 2.88. The second kappa shape index (κ2) is 24.4. The first-order valence-electron chi connectivity index (χ1n) is 15.0. The number of ether oxygens (including phenoxy) is 3. The van der Waals surface area contributed by atoms with Gasteiger partial charge in [0, 0.05) is 19.3 Å². The van der Waals surface area contributed by atoms with Gasteiger partial charge < -0.3 is 28.6 Å². The molecule has 2 atom stereocenters. The summed E-state index contributed by atoms with van der Waals surface area (Å²) in [5.74, 6) is -1.82. The molecule has 0 saturated heterocycles. The largest absolute Gasteiger partial charge is 0.544 e. The fraction of sp³-hybridized carbons (Fsp3) is 0.719. The van der Waals surface area contributed by atoms with E-state index >= 15 is 0 Å². The van der Waals surface area contributed by atoms with Crippen molar-refractivity contribution < 1.29 is 38.2 Å². The van der Waals surface area contributed by atoms with Crippen LogP contribution in [0.1, 0.15) is 97.3 Å². The lowest BCUT2D eigenvalue weighted by atomic mass is 10.1. The van der Waals surface area contributed by atoms with Crippen molar-refractivity contribution in [1.82, 2.24) is 0 Å². The molecule has 0 aromatic rings. The first-order valence-corrected chi connectivity index (χ1v) is 15.0. The molecule has 40 heavy (non-hydrogen) atoms. The van der Waals surface area contributed by atoms with E-state index in [1.54, 1.807) is 21.1 Å². The van der Waals surface area contributed by atoms with Crippen molar-refractivity contribution in [2.24, 2.45) is 0 Å². The number of carbonyl (C=O) groups is 3. The monoisotopic (exact) mass is 565 g/mol. The van der Waals surface area contributed by atoms with Gasteiger partial charge >= 0.3 is 11.9 Å². The number of quaternary nitrogens is 1. The van der Waals surface area contributed by atoms with Gasteiger partial charge in [-0.1, -0.05) is 69.6 Å². The smallest absolute Gasteiger partial charge is 0.306 e. The third-order valence-corrected chi connectivity index (χ3v) is 6.29. The summed E-state index contributed by atoms with van der Waals surface area (Å²) in [6.07, 6.45) is 22.5. The van der Waals surface area contributed by atoms with Gasteiger partial charge in [0.25, 0.3) is 0 Å². The van der Waals surface area contributed by atoms with E-state index in [1.165, 1.54) is 0 Å². The van der Waals surface area contributed by atoms with Crippen LogP contribution in [-0.2, 0) is 28.6 Å². The summed E-state index contributed by atoms with van der Waals surface area (Å²) in [6, 6.07) is -0.725. The fourth-order valence-electron chi connectivity index (χ4n) is 3.90. The molecule has 0 spiro atoms. The molecule has 0 amide bonds. The van der Waals surface area contributed by atoms with E-state index in [1.807, 2.05) is 0 Å². The molecule has 0 heterocycles. The molecular formula is C32H55NO7. The Kier molecular flexibility index (Phi) is 22.9. The summed E-state index contributed by atoms with van der Waals surface area (Å²) in [5, 5.41) is 11.5. The molecule has 0 fully saturated rings. The Morgan fingerprint density at radius 2 is 1.40 bits per heavy atom. The second-order valence-electron chi connectivity index (χ2n) is 11.0. The Hall–Kier alpha value is -2.45. The molecule has 0 aliphatic carbocycles. The fourth-order valence-corrected chi connectivity index (χ4v) is 3.90. The molecule has 0 radical (unpaired) electrons. The zero-order valence-electron chi connectivity index (χ0n) is 25.7. The summed E-state index contributed by atoms with van der Waals surface area (Å²) >= 11 is 0. The predicted octanol–water partition coefficient (Wildman–Crippen LogP) is 5.06. The summed E-state index contributed by atoms with van der Waals surface area (Å²) in [7, 11) is 5.35. The maximum Gasteiger partial charge on any atom is 0.306 e. The molecule has 2 unspecified atom stereocenters. The van der Waals surface area contributed by atoms with Crippen molar-refractivity contribution in [3.05, 3.63) is 36.5 Å². The standard InChI is InChI=1S/C32H55NO7/c1-6-8-10-11-12-13-14-15-16-17-18-19-21-23-31(35)40-28(27-39-30(34)22-20-9-7-2)26-38-25-24-29(32(36)37)33(3,4)5/h8,10,12-13,15-16,28-29H,6-7,9,11,14,17-27H2,1-5H3/b10-8-,13-12-,16-15-. The number of carboxylic acids is 1. The third kappa shape index (κ3) is 22.4. The quantitative estimate of drug-likeness (QED) is 0.0660. The molecule has 0 aromatic carbocycles. The second-order valence-corrected chi connectivity index (χ2v) is 11.0. The maximum absolute atomic E-state index is 12.4. The van der Waals surface area contributed by atoms with E-state index in [9.17, 15) is 19.5 Å². The molecule has 230 valence electrons. The van der Waals surface area contributed by atoms with Crippen LogP contribution in [-0.4, -0.2) is 75.5 Å². The van der Waals surface area contributed by atoms with E-state index < -0.39 is 18.1 Å². The highest BCUT2D eigenvalue weighted by molar-refractivity contribution is 5.70. The van der Waals surface area contributed by atoms with Crippen LogP contribution >= 0.6 is 0 Å². The van der Waals surface area contributed by atoms with Gasteiger partial charge in [-0.3, -0.25) is 9.59 Å². The number of hydrogen-bond acceptors (Lipinski definition) is 7. The van der Waals surface area contributed by atoms with Gasteiger partial charge in [0.2, 0.25) is 0 Å². The van der Waals surface area contributed by atoms with Gasteiger partial charge in [-0.25, -0.2) is 0 Å². The summed E-state index contributed by atoms with van der Waals surface area (Å²) < 4.78 is 16.7.